The largest absolute Gasteiger partial charge is 0.398 e. The lowest BCUT2D eigenvalue weighted by Gasteiger charge is -2.34. The van der Waals surface area contributed by atoms with Crippen molar-refractivity contribution in [2.75, 3.05) is 18.9 Å². The van der Waals surface area contributed by atoms with Crippen LogP contribution in [0.25, 0.3) is 0 Å². The number of anilines is 1. The molecular weight excluding hydrogens is 288 g/mol. The number of aliphatic hydroxyl groups is 1. The Balaban J connectivity index is 2.56. The van der Waals surface area contributed by atoms with Crippen molar-refractivity contribution < 1.29 is 13.5 Å². The Hall–Kier alpha value is -1.11. The molecule has 1 aliphatic rings. The fourth-order valence-electron chi connectivity index (χ4n) is 3.17. The van der Waals surface area contributed by atoms with Crippen LogP contribution < -0.4 is 5.73 Å². The minimum absolute atomic E-state index is 0.140. The van der Waals surface area contributed by atoms with Gasteiger partial charge < -0.3 is 10.8 Å². The smallest absolute Gasteiger partial charge is 0.244 e. The van der Waals surface area contributed by atoms with Gasteiger partial charge in [-0.05, 0) is 50.3 Å². The lowest BCUT2D eigenvalue weighted by atomic mass is 10.1. The molecule has 118 valence electrons. The molecule has 0 bridgehead atoms. The van der Waals surface area contributed by atoms with Crippen molar-refractivity contribution in [3.05, 3.63) is 22.8 Å². The highest BCUT2D eigenvalue weighted by molar-refractivity contribution is 7.89. The zero-order valence-electron chi connectivity index (χ0n) is 12.9. The van der Waals surface area contributed by atoms with Gasteiger partial charge in [-0.15, -0.1) is 0 Å². The fourth-order valence-corrected chi connectivity index (χ4v) is 5.30. The highest BCUT2D eigenvalue weighted by Gasteiger charge is 2.35. The normalized spacial score (nSPS) is 20.7. The molecule has 3 N–H and O–H groups in total. The molecule has 0 aromatic heterocycles. The summed E-state index contributed by atoms with van der Waals surface area (Å²) in [4.78, 5) is 0.297. The summed E-state index contributed by atoms with van der Waals surface area (Å²) in [6.07, 6.45) is 2.48. The van der Waals surface area contributed by atoms with Crippen LogP contribution in [0.15, 0.2) is 11.0 Å². The van der Waals surface area contributed by atoms with E-state index in [2.05, 4.69) is 0 Å². The van der Waals surface area contributed by atoms with Crippen molar-refractivity contribution in [1.82, 2.24) is 4.31 Å². The van der Waals surface area contributed by atoms with E-state index in [0.29, 0.717) is 34.7 Å². The van der Waals surface area contributed by atoms with E-state index in [-0.39, 0.29) is 12.6 Å². The molecule has 1 aromatic rings. The summed E-state index contributed by atoms with van der Waals surface area (Å²) >= 11 is 0. The molecule has 21 heavy (non-hydrogen) atoms. The number of rotatable bonds is 3. The van der Waals surface area contributed by atoms with Crippen LogP contribution in [0.1, 0.15) is 36.0 Å². The molecule has 6 heteroatoms. The van der Waals surface area contributed by atoms with E-state index in [1.54, 1.807) is 13.8 Å². The van der Waals surface area contributed by atoms with Gasteiger partial charge in [0, 0.05) is 18.3 Å². The Morgan fingerprint density at radius 2 is 1.95 bits per heavy atom. The molecule has 0 amide bonds. The second kappa shape index (κ2) is 5.94. The quantitative estimate of drug-likeness (QED) is 0.833. The van der Waals surface area contributed by atoms with Gasteiger partial charge in [0.25, 0.3) is 0 Å². The number of sulfonamides is 1. The molecule has 1 fully saturated rings. The van der Waals surface area contributed by atoms with Gasteiger partial charge in [0.2, 0.25) is 10.0 Å². The molecule has 1 heterocycles. The first-order valence-corrected chi connectivity index (χ1v) is 8.73. The van der Waals surface area contributed by atoms with Crippen molar-refractivity contribution in [2.24, 2.45) is 0 Å². The molecule has 1 saturated heterocycles. The first-order chi connectivity index (χ1) is 9.80. The monoisotopic (exact) mass is 312 g/mol. The van der Waals surface area contributed by atoms with Crippen LogP contribution in [0, 0.1) is 20.8 Å². The van der Waals surface area contributed by atoms with E-state index in [4.69, 9.17) is 5.73 Å². The Morgan fingerprint density at radius 1 is 1.29 bits per heavy atom. The Bertz CT molecular complexity index is 641. The average Bonchev–Trinajstić information content (AvgIpc) is 2.44. The molecule has 1 aliphatic heterocycles. The van der Waals surface area contributed by atoms with Crippen molar-refractivity contribution in [2.45, 2.75) is 51.0 Å². The third-order valence-electron chi connectivity index (χ3n) is 4.31. The molecular formula is C15H24N2O3S. The highest BCUT2D eigenvalue weighted by Crippen LogP contribution is 2.33. The first-order valence-electron chi connectivity index (χ1n) is 7.29. The van der Waals surface area contributed by atoms with Crippen LogP contribution in [0.5, 0.6) is 0 Å². The number of piperidine rings is 1. The van der Waals surface area contributed by atoms with Gasteiger partial charge >= 0.3 is 0 Å². The van der Waals surface area contributed by atoms with E-state index >= 15 is 0 Å². The van der Waals surface area contributed by atoms with Gasteiger partial charge in [-0.25, -0.2) is 8.42 Å². The minimum atomic E-state index is -3.63. The molecule has 0 radical (unpaired) electrons. The standard InChI is InChI=1S/C15H24N2O3S/c1-10-8-11(2)15(12(3)14(10)16)21(19,20)17-7-5-4-6-13(17)9-18/h8,13,18H,4-7,9,16H2,1-3H3. The minimum Gasteiger partial charge on any atom is -0.398 e. The van der Waals surface area contributed by atoms with Crippen LogP contribution >= 0.6 is 0 Å². The maximum Gasteiger partial charge on any atom is 0.244 e. The summed E-state index contributed by atoms with van der Waals surface area (Å²) in [5.74, 6) is 0. The summed E-state index contributed by atoms with van der Waals surface area (Å²) in [6.45, 7) is 5.74. The first kappa shape index (κ1) is 16.3. The third kappa shape index (κ3) is 2.80. The SMILES string of the molecule is Cc1cc(C)c(S(=O)(=O)N2CCCCC2CO)c(C)c1N. The topological polar surface area (TPSA) is 83.6 Å². The molecule has 0 saturated carbocycles. The Kier molecular flexibility index (Phi) is 4.60. The summed E-state index contributed by atoms with van der Waals surface area (Å²) in [5.41, 5.74) is 8.74. The second-order valence-corrected chi connectivity index (χ2v) is 7.65. The van der Waals surface area contributed by atoms with Crippen LogP contribution in [0.3, 0.4) is 0 Å². The summed E-state index contributed by atoms with van der Waals surface area (Å²) in [5, 5.41) is 9.48. The number of hydrogen-bond donors (Lipinski definition) is 2. The zero-order valence-corrected chi connectivity index (χ0v) is 13.7. The number of nitrogens with zero attached hydrogens (tertiary/aromatic N) is 1. The van der Waals surface area contributed by atoms with Gasteiger partial charge in [0.15, 0.2) is 0 Å². The molecule has 5 nitrogen and oxygen atoms in total. The maximum absolute atomic E-state index is 13.0. The van der Waals surface area contributed by atoms with Crippen molar-refractivity contribution in [3.8, 4) is 0 Å². The highest BCUT2D eigenvalue weighted by atomic mass is 32.2. The lowest BCUT2D eigenvalue weighted by molar-refractivity contribution is 0.155. The number of nitrogens with two attached hydrogens (primary N) is 1. The predicted molar refractivity (Wildman–Crippen MR) is 83.7 cm³/mol. The molecule has 1 atom stereocenters. The molecule has 0 spiro atoms. The van der Waals surface area contributed by atoms with E-state index in [1.807, 2.05) is 13.0 Å². The second-order valence-electron chi connectivity index (χ2n) is 5.83. The van der Waals surface area contributed by atoms with Crippen LogP contribution in [-0.4, -0.2) is 37.0 Å². The van der Waals surface area contributed by atoms with Crippen LogP contribution in [-0.2, 0) is 10.0 Å². The van der Waals surface area contributed by atoms with E-state index in [1.165, 1.54) is 4.31 Å². The number of hydrogen-bond acceptors (Lipinski definition) is 4. The van der Waals surface area contributed by atoms with Crippen LogP contribution in [0.2, 0.25) is 0 Å². The van der Waals surface area contributed by atoms with E-state index in [9.17, 15) is 13.5 Å². The lowest BCUT2D eigenvalue weighted by Crippen LogP contribution is -2.45. The van der Waals surface area contributed by atoms with Crippen LogP contribution in [0.4, 0.5) is 5.69 Å². The third-order valence-corrected chi connectivity index (χ3v) is 6.55. The van der Waals surface area contributed by atoms with Gasteiger partial charge in [-0.2, -0.15) is 4.31 Å². The summed E-state index contributed by atoms with van der Waals surface area (Å²) < 4.78 is 27.5. The average molecular weight is 312 g/mol. The van der Waals surface area contributed by atoms with Crippen molar-refractivity contribution in [3.63, 3.8) is 0 Å². The predicted octanol–water partition coefficient (Wildman–Crippen LogP) is 1.73. The zero-order chi connectivity index (χ0) is 15.8. The number of nitrogen functional groups attached to an aromatic ring is 1. The number of benzene rings is 1. The summed E-state index contributed by atoms with van der Waals surface area (Å²) in [6, 6.07) is 1.48. The molecule has 0 aliphatic carbocycles. The maximum atomic E-state index is 13.0. The van der Waals surface area contributed by atoms with E-state index < -0.39 is 10.0 Å². The summed E-state index contributed by atoms with van der Waals surface area (Å²) in [7, 11) is -3.63. The number of aliphatic hydroxyl groups excluding tert-OH is 1. The molecule has 2 rings (SSSR count). The Morgan fingerprint density at radius 3 is 2.57 bits per heavy atom. The van der Waals surface area contributed by atoms with E-state index in [0.717, 1.165) is 18.4 Å². The van der Waals surface area contributed by atoms with Gasteiger partial charge in [0.05, 0.1) is 11.5 Å². The van der Waals surface area contributed by atoms with Gasteiger partial charge in [-0.3, -0.25) is 0 Å². The Labute approximate surface area is 126 Å². The molecule has 1 unspecified atom stereocenters. The van der Waals surface area contributed by atoms with Gasteiger partial charge in [0.1, 0.15) is 0 Å². The van der Waals surface area contributed by atoms with Gasteiger partial charge in [-0.1, -0.05) is 12.5 Å². The number of aryl methyl sites for hydroxylation is 2. The molecule has 1 aromatic carbocycles. The fraction of sp³-hybridized carbons (Fsp3) is 0.600. The van der Waals surface area contributed by atoms with Crippen molar-refractivity contribution in [1.29, 1.82) is 0 Å². The van der Waals surface area contributed by atoms with Crippen molar-refractivity contribution >= 4 is 15.7 Å².